The first-order valence-electron chi connectivity index (χ1n) is 8.09. The first-order chi connectivity index (χ1) is 11.8. The van der Waals surface area contributed by atoms with E-state index in [1.807, 2.05) is 48.5 Å². The molecule has 0 radical (unpaired) electrons. The summed E-state index contributed by atoms with van der Waals surface area (Å²) in [4.78, 5) is 0. The zero-order valence-electron chi connectivity index (χ0n) is 13.7. The third-order valence-electron chi connectivity index (χ3n) is 3.15. The second-order valence-electron chi connectivity index (χ2n) is 5.18. The van der Waals surface area contributed by atoms with Gasteiger partial charge in [0, 0.05) is 12.1 Å². The van der Waals surface area contributed by atoms with Crippen molar-refractivity contribution in [2.24, 2.45) is 21.7 Å². The summed E-state index contributed by atoms with van der Waals surface area (Å²) in [6.07, 6.45) is 1.64. The Hall–Kier alpha value is -2.44. The summed E-state index contributed by atoms with van der Waals surface area (Å²) >= 11 is 0. The lowest BCUT2D eigenvalue weighted by Gasteiger charge is -2.06. The minimum atomic E-state index is 0.597. The van der Waals surface area contributed by atoms with E-state index < -0.39 is 0 Å². The van der Waals surface area contributed by atoms with Crippen molar-refractivity contribution in [1.82, 2.24) is 0 Å². The Morgan fingerprint density at radius 3 is 1.58 bits per heavy atom. The lowest BCUT2D eigenvalue weighted by atomic mass is 10.3. The fraction of sp³-hybridized carbons (Fsp3) is 0.333. The third kappa shape index (κ3) is 6.36. The van der Waals surface area contributed by atoms with Gasteiger partial charge in [-0.3, -0.25) is 0 Å². The van der Waals surface area contributed by atoms with E-state index in [-0.39, 0.29) is 0 Å². The zero-order valence-corrected chi connectivity index (χ0v) is 13.7. The number of azo groups is 1. The maximum absolute atomic E-state index is 5.60. The maximum atomic E-state index is 5.60. The highest BCUT2D eigenvalue weighted by atomic mass is 16.5. The van der Waals surface area contributed by atoms with Gasteiger partial charge in [-0.1, -0.05) is 12.1 Å². The molecule has 0 atom stereocenters. The summed E-state index contributed by atoms with van der Waals surface area (Å²) in [7, 11) is 0. The van der Waals surface area contributed by atoms with Crippen LogP contribution in [0.15, 0.2) is 58.8 Å². The second kappa shape index (κ2) is 10.4. The fourth-order valence-corrected chi connectivity index (χ4v) is 1.93. The minimum Gasteiger partial charge on any atom is -0.493 e. The van der Waals surface area contributed by atoms with Crippen LogP contribution in [0.2, 0.25) is 0 Å². The summed E-state index contributed by atoms with van der Waals surface area (Å²) in [5.41, 5.74) is 12.4. The van der Waals surface area contributed by atoms with Gasteiger partial charge in [0.15, 0.2) is 0 Å². The molecule has 0 aliphatic heterocycles. The summed E-state index contributed by atoms with van der Waals surface area (Å²) in [6.45, 7) is 2.42. The lowest BCUT2D eigenvalue weighted by Crippen LogP contribution is -2.05. The topological polar surface area (TPSA) is 95.2 Å². The Morgan fingerprint density at radius 1 is 0.708 bits per heavy atom. The Labute approximate surface area is 142 Å². The van der Waals surface area contributed by atoms with E-state index in [0.29, 0.717) is 26.3 Å². The normalized spacial score (nSPS) is 10.9. The number of benzene rings is 2. The number of rotatable bonds is 10. The van der Waals surface area contributed by atoms with E-state index in [0.717, 1.165) is 35.7 Å². The zero-order chi connectivity index (χ0) is 17.0. The van der Waals surface area contributed by atoms with Crippen molar-refractivity contribution in [2.45, 2.75) is 12.8 Å². The van der Waals surface area contributed by atoms with Crippen molar-refractivity contribution in [3.05, 3.63) is 48.5 Å². The Balaban J connectivity index is 1.97. The number of nitrogens with two attached hydrogens (primary N) is 2. The van der Waals surface area contributed by atoms with Crippen LogP contribution in [0.3, 0.4) is 0 Å². The second-order valence-corrected chi connectivity index (χ2v) is 5.18. The summed E-state index contributed by atoms with van der Waals surface area (Å²) in [6, 6.07) is 15.0. The molecule has 6 nitrogen and oxygen atoms in total. The van der Waals surface area contributed by atoms with Crippen molar-refractivity contribution in [3.63, 3.8) is 0 Å². The number of ether oxygens (including phenoxy) is 2. The molecule has 6 heteroatoms. The Kier molecular flexibility index (Phi) is 7.73. The van der Waals surface area contributed by atoms with Crippen molar-refractivity contribution in [2.75, 3.05) is 26.3 Å². The molecule has 0 aromatic heterocycles. The van der Waals surface area contributed by atoms with Crippen molar-refractivity contribution < 1.29 is 9.47 Å². The molecule has 0 unspecified atom stereocenters. The molecule has 0 saturated carbocycles. The van der Waals surface area contributed by atoms with Gasteiger partial charge in [0.2, 0.25) is 0 Å². The molecule has 0 aliphatic carbocycles. The highest BCUT2D eigenvalue weighted by Crippen LogP contribution is 2.25. The van der Waals surface area contributed by atoms with Crippen LogP contribution in [-0.2, 0) is 0 Å². The molecule has 0 aliphatic rings. The standard InChI is InChI=1S/C18H24N4O2/c19-9-3-11-23-17-7-1-5-15(13-17)21-22-16-6-2-8-18(14-16)24-12-4-10-20/h1-2,5-8,13-14H,3-4,9-12,19-20H2. The van der Waals surface area contributed by atoms with E-state index in [1.165, 1.54) is 0 Å². The molecule has 2 rings (SSSR count). The van der Waals surface area contributed by atoms with Gasteiger partial charge in [0.05, 0.1) is 24.6 Å². The van der Waals surface area contributed by atoms with E-state index in [4.69, 9.17) is 20.9 Å². The largest absolute Gasteiger partial charge is 0.493 e. The average Bonchev–Trinajstić information content (AvgIpc) is 2.61. The van der Waals surface area contributed by atoms with Crippen LogP contribution in [0.1, 0.15) is 12.8 Å². The van der Waals surface area contributed by atoms with Crippen LogP contribution < -0.4 is 20.9 Å². The minimum absolute atomic E-state index is 0.597. The maximum Gasteiger partial charge on any atom is 0.121 e. The first-order valence-corrected chi connectivity index (χ1v) is 8.09. The first kappa shape index (κ1) is 17.9. The molecule has 0 spiro atoms. The smallest absolute Gasteiger partial charge is 0.121 e. The average molecular weight is 328 g/mol. The fourth-order valence-electron chi connectivity index (χ4n) is 1.93. The number of nitrogens with zero attached hydrogens (tertiary/aromatic N) is 2. The highest BCUT2D eigenvalue weighted by molar-refractivity contribution is 5.46. The predicted molar refractivity (Wildman–Crippen MR) is 95.4 cm³/mol. The van der Waals surface area contributed by atoms with Gasteiger partial charge in [-0.2, -0.15) is 10.2 Å². The Bertz CT molecular complexity index is 591. The molecule has 4 N–H and O–H groups in total. The van der Waals surface area contributed by atoms with Crippen molar-refractivity contribution >= 4 is 11.4 Å². The monoisotopic (exact) mass is 328 g/mol. The van der Waals surface area contributed by atoms with Gasteiger partial charge in [-0.25, -0.2) is 0 Å². The van der Waals surface area contributed by atoms with Crippen LogP contribution in [0.5, 0.6) is 11.5 Å². The molecule has 2 aromatic rings. The Morgan fingerprint density at radius 2 is 1.17 bits per heavy atom. The number of hydrogen-bond acceptors (Lipinski definition) is 6. The lowest BCUT2D eigenvalue weighted by molar-refractivity contribution is 0.313. The van der Waals surface area contributed by atoms with Gasteiger partial charge in [-0.05, 0) is 50.2 Å². The van der Waals surface area contributed by atoms with Crippen molar-refractivity contribution in [1.29, 1.82) is 0 Å². The molecule has 2 aromatic carbocycles. The number of hydrogen-bond donors (Lipinski definition) is 2. The third-order valence-corrected chi connectivity index (χ3v) is 3.15. The van der Waals surface area contributed by atoms with Crippen LogP contribution in [0.4, 0.5) is 11.4 Å². The van der Waals surface area contributed by atoms with Gasteiger partial charge >= 0.3 is 0 Å². The van der Waals surface area contributed by atoms with Gasteiger partial charge in [0.1, 0.15) is 11.5 Å². The van der Waals surface area contributed by atoms with E-state index in [1.54, 1.807) is 0 Å². The van der Waals surface area contributed by atoms with E-state index >= 15 is 0 Å². The molecule has 24 heavy (non-hydrogen) atoms. The molecule has 0 heterocycles. The van der Waals surface area contributed by atoms with Crippen LogP contribution in [0.25, 0.3) is 0 Å². The van der Waals surface area contributed by atoms with Gasteiger partial charge in [0.25, 0.3) is 0 Å². The van der Waals surface area contributed by atoms with Crippen LogP contribution in [0, 0.1) is 0 Å². The summed E-state index contributed by atoms with van der Waals surface area (Å²) in [5.74, 6) is 1.53. The van der Waals surface area contributed by atoms with E-state index in [9.17, 15) is 0 Å². The predicted octanol–water partition coefficient (Wildman–Crippen LogP) is 3.56. The van der Waals surface area contributed by atoms with Gasteiger partial charge < -0.3 is 20.9 Å². The molecule has 128 valence electrons. The molecule has 0 saturated heterocycles. The molecule has 0 fully saturated rings. The molecular weight excluding hydrogens is 304 g/mol. The van der Waals surface area contributed by atoms with Crippen LogP contribution >= 0.6 is 0 Å². The SMILES string of the molecule is NCCCOc1cccc(N=Nc2cccc(OCCCN)c2)c1. The quantitative estimate of drug-likeness (QED) is 0.515. The molecule has 0 bridgehead atoms. The van der Waals surface area contributed by atoms with Gasteiger partial charge in [-0.15, -0.1) is 0 Å². The highest BCUT2D eigenvalue weighted by Gasteiger charge is 1.98. The molecule has 0 amide bonds. The summed E-state index contributed by atoms with van der Waals surface area (Å²) in [5, 5.41) is 8.50. The van der Waals surface area contributed by atoms with Crippen molar-refractivity contribution in [3.8, 4) is 11.5 Å². The van der Waals surface area contributed by atoms with E-state index in [2.05, 4.69) is 10.2 Å². The van der Waals surface area contributed by atoms with Crippen LogP contribution in [-0.4, -0.2) is 26.3 Å². The molecular formula is C18H24N4O2. The summed E-state index contributed by atoms with van der Waals surface area (Å²) < 4.78 is 11.2.